The lowest BCUT2D eigenvalue weighted by atomic mass is 10.1. The quantitative estimate of drug-likeness (QED) is 0.694. The van der Waals surface area contributed by atoms with E-state index in [9.17, 15) is 0 Å². The van der Waals surface area contributed by atoms with Gasteiger partial charge in [0.2, 0.25) is 5.95 Å². The summed E-state index contributed by atoms with van der Waals surface area (Å²) in [5.41, 5.74) is 1.59. The lowest BCUT2D eigenvalue weighted by Crippen LogP contribution is -2.02. The molecule has 3 nitrogen and oxygen atoms in total. The third kappa shape index (κ3) is 2.19. The van der Waals surface area contributed by atoms with Gasteiger partial charge in [0.15, 0.2) is 0 Å². The standard InChI is InChI=1S/C10H13N3/c1-5-8-6-9(7(2)3)13-10(11-4)12-8/h1,6-7H,2-4H3,(H,11,12,13). The minimum Gasteiger partial charge on any atom is -0.357 e. The largest absolute Gasteiger partial charge is 0.357 e. The fraction of sp³-hybridized carbons (Fsp3) is 0.400. The zero-order chi connectivity index (χ0) is 9.84. The maximum absolute atomic E-state index is 5.27. The Kier molecular flexibility index (Phi) is 2.86. The van der Waals surface area contributed by atoms with Crippen LogP contribution in [-0.4, -0.2) is 17.0 Å². The van der Waals surface area contributed by atoms with Crippen molar-refractivity contribution in [2.75, 3.05) is 12.4 Å². The Morgan fingerprint density at radius 2 is 2.15 bits per heavy atom. The Hall–Kier alpha value is -1.56. The molecule has 0 aliphatic carbocycles. The van der Waals surface area contributed by atoms with Crippen molar-refractivity contribution in [3.8, 4) is 12.3 Å². The van der Waals surface area contributed by atoms with E-state index in [2.05, 4.69) is 35.1 Å². The summed E-state index contributed by atoms with van der Waals surface area (Å²) in [6.07, 6.45) is 5.27. The van der Waals surface area contributed by atoms with E-state index in [4.69, 9.17) is 6.42 Å². The molecule has 0 aromatic carbocycles. The molecular formula is C10H13N3. The van der Waals surface area contributed by atoms with E-state index in [1.165, 1.54) is 0 Å². The predicted molar refractivity (Wildman–Crippen MR) is 53.6 cm³/mol. The van der Waals surface area contributed by atoms with Crippen molar-refractivity contribution in [2.45, 2.75) is 19.8 Å². The molecule has 1 aromatic rings. The summed E-state index contributed by atoms with van der Waals surface area (Å²) in [7, 11) is 1.78. The fourth-order valence-electron chi connectivity index (χ4n) is 0.948. The Bertz CT molecular complexity index is 337. The topological polar surface area (TPSA) is 37.8 Å². The average molecular weight is 175 g/mol. The molecule has 0 atom stereocenters. The number of rotatable bonds is 2. The number of nitrogens with one attached hydrogen (secondary N) is 1. The zero-order valence-corrected chi connectivity index (χ0v) is 8.13. The van der Waals surface area contributed by atoms with E-state index in [0.29, 0.717) is 17.6 Å². The highest BCUT2D eigenvalue weighted by Crippen LogP contribution is 2.13. The van der Waals surface area contributed by atoms with Gasteiger partial charge in [-0.1, -0.05) is 19.8 Å². The molecule has 68 valence electrons. The van der Waals surface area contributed by atoms with E-state index in [1.54, 1.807) is 7.05 Å². The second kappa shape index (κ2) is 3.90. The first-order valence-corrected chi connectivity index (χ1v) is 4.20. The van der Waals surface area contributed by atoms with E-state index in [-0.39, 0.29) is 0 Å². The van der Waals surface area contributed by atoms with Gasteiger partial charge in [0.25, 0.3) is 0 Å². The second-order valence-electron chi connectivity index (χ2n) is 3.05. The van der Waals surface area contributed by atoms with Crippen LogP contribution in [0.25, 0.3) is 0 Å². The summed E-state index contributed by atoms with van der Waals surface area (Å²) in [6.45, 7) is 4.14. The summed E-state index contributed by atoms with van der Waals surface area (Å²) < 4.78 is 0. The summed E-state index contributed by atoms with van der Waals surface area (Å²) in [5.74, 6) is 3.45. The zero-order valence-electron chi connectivity index (χ0n) is 8.13. The van der Waals surface area contributed by atoms with Crippen LogP contribution in [0.15, 0.2) is 6.07 Å². The average Bonchev–Trinajstić information content (AvgIpc) is 2.16. The summed E-state index contributed by atoms with van der Waals surface area (Å²) >= 11 is 0. The molecule has 0 saturated heterocycles. The normalized spacial score (nSPS) is 9.77. The number of nitrogens with zero attached hydrogens (tertiary/aromatic N) is 2. The third-order valence-corrected chi connectivity index (χ3v) is 1.71. The molecule has 0 bridgehead atoms. The smallest absolute Gasteiger partial charge is 0.223 e. The van der Waals surface area contributed by atoms with E-state index >= 15 is 0 Å². The van der Waals surface area contributed by atoms with Gasteiger partial charge in [-0.05, 0) is 12.0 Å². The molecule has 0 saturated carbocycles. The molecule has 0 radical (unpaired) electrons. The van der Waals surface area contributed by atoms with Gasteiger partial charge in [0.05, 0.1) is 0 Å². The summed E-state index contributed by atoms with van der Waals surface area (Å²) in [5, 5.41) is 2.88. The molecule has 0 aliphatic rings. The van der Waals surface area contributed by atoms with Crippen molar-refractivity contribution in [2.24, 2.45) is 0 Å². The summed E-state index contributed by atoms with van der Waals surface area (Å²) in [6, 6.07) is 1.84. The molecule has 0 amide bonds. The highest BCUT2D eigenvalue weighted by atomic mass is 15.1. The monoisotopic (exact) mass is 175 g/mol. The predicted octanol–water partition coefficient (Wildman–Crippen LogP) is 1.62. The van der Waals surface area contributed by atoms with E-state index in [1.807, 2.05) is 6.07 Å². The Labute approximate surface area is 78.6 Å². The van der Waals surface area contributed by atoms with Gasteiger partial charge >= 0.3 is 0 Å². The molecule has 0 aliphatic heterocycles. The van der Waals surface area contributed by atoms with Crippen molar-refractivity contribution in [3.63, 3.8) is 0 Å². The van der Waals surface area contributed by atoms with Crippen LogP contribution in [0.4, 0.5) is 5.95 Å². The number of aromatic nitrogens is 2. The first-order valence-electron chi connectivity index (χ1n) is 4.20. The summed E-state index contributed by atoms with van der Waals surface area (Å²) in [4.78, 5) is 8.38. The third-order valence-electron chi connectivity index (χ3n) is 1.71. The number of anilines is 1. The van der Waals surface area contributed by atoms with Gasteiger partial charge < -0.3 is 5.32 Å². The van der Waals surface area contributed by atoms with E-state index < -0.39 is 0 Å². The Morgan fingerprint density at radius 1 is 1.46 bits per heavy atom. The van der Waals surface area contributed by atoms with Crippen LogP contribution in [0.1, 0.15) is 31.2 Å². The van der Waals surface area contributed by atoms with Gasteiger partial charge in [0, 0.05) is 12.7 Å². The van der Waals surface area contributed by atoms with Crippen LogP contribution in [0, 0.1) is 12.3 Å². The highest BCUT2D eigenvalue weighted by molar-refractivity contribution is 5.35. The van der Waals surface area contributed by atoms with Crippen LogP contribution in [0.3, 0.4) is 0 Å². The van der Waals surface area contributed by atoms with Crippen LogP contribution >= 0.6 is 0 Å². The fourth-order valence-corrected chi connectivity index (χ4v) is 0.948. The van der Waals surface area contributed by atoms with Gasteiger partial charge in [-0.3, -0.25) is 0 Å². The molecule has 1 N–H and O–H groups in total. The van der Waals surface area contributed by atoms with Crippen molar-refractivity contribution in [1.82, 2.24) is 9.97 Å². The Morgan fingerprint density at radius 3 is 2.62 bits per heavy atom. The van der Waals surface area contributed by atoms with Gasteiger partial charge in [-0.2, -0.15) is 0 Å². The maximum Gasteiger partial charge on any atom is 0.223 e. The van der Waals surface area contributed by atoms with Crippen molar-refractivity contribution < 1.29 is 0 Å². The first kappa shape index (κ1) is 9.53. The number of hydrogen-bond donors (Lipinski definition) is 1. The Balaban J connectivity index is 3.17. The minimum absolute atomic E-state index is 0.363. The molecule has 1 heterocycles. The molecule has 3 heteroatoms. The number of hydrogen-bond acceptors (Lipinski definition) is 3. The molecule has 13 heavy (non-hydrogen) atoms. The van der Waals surface area contributed by atoms with Crippen molar-refractivity contribution in [1.29, 1.82) is 0 Å². The molecule has 0 fully saturated rings. The molecule has 1 rings (SSSR count). The highest BCUT2D eigenvalue weighted by Gasteiger charge is 2.04. The molecule has 0 spiro atoms. The van der Waals surface area contributed by atoms with Crippen LogP contribution in [0.5, 0.6) is 0 Å². The van der Waals surface area contributed by atoms with Crippen LogP contribution in [-0.2, 0) is 0 Å². The maximum atomic E-state index is 5.27. The van der Waals surface area contributed by atoms with Crippen LogP contribution in [0.2, 0.25) is 0 Å². The SMILES string of the molecule is C#Cc1cc(C(C)C)nc(NC)n1. The molecular weight excluding hydrogens is 162 g/mol. The molecule has 0 unspecified atom stereocenters. The van der Waals surface area contributed by atoms with E-state index in [0.717, 1.165) is 5.69 Å². The van der Waals surface area contributed by atoms with Gasteiger partial charge in [-0.25, -0.2) is 9.97 Å². The number of terminal acetylenes is 1. The lowest BCUT2D eigenvalue weighted by molar-refractivity contribution is 0.814. The van der Waals surface area contributed by atoms with Crippen molar-refractivity contribution >= 4 is 5.95 Å². The van der Waals surface area contributed by atoms with Crippen molar-refractivity contribution in [3.05, 3.63) is 17.5 Å². The molecule has 1 aromatic heterocycles. The second-order valence-corrected chi connectivity index (χ2v) is 3.05. The van der Waals surface area contributed by atoms with Gasteiger partial charge in [-0.15, -0.1) is 6.42 Å². The lowest BCUT2D eigenvalue weighted by Gasteiger charge is -2.06. The minimum atomic E-state index is 0.363. The first-order chi connectivity index (χ1) is 6.17. The van der Waals surface area contributed by atoms with Crippen LogP contribution < -0.4 is 5.32 Å². The van der Waals surface area contributed by atoms with Gasteiger partial charge in [0.1, 0.15) is 5.69 Å².